The number of carbonyl (C=O) groups excluding carboxylic acids is 1. The molecule has 0 unspecified atom stereocenters. The standard InChI is InChI=1S/C20H23ClN4O3/c1-15-3-2-4-16(11-15)13-23-7-9-24(10-8-23)14-20(26)22-17-5-6-18(21)19(12-17)25(27)28/h2-6,11-12H,7-10,13-14H2,1H3,(H,22,26). The van der Waals surface area contributed by atoms with Gasteiger partial charge in [-0.2, -0.15) is 0 Å². The zero-order valence-corrected chi connectivity index (χ0v) is 16.5. The third-order valence-corrected chi connectivity index (χ3v) is 5.07. The van der Waals surface area contributed by atoms with Crippen molar-refractivity contribution >= 4 is 28.9 Å². The Morgan fingerprint density at radius 1 is 1.14 bits per heavy atom. The lowest BCUT2D eigenvalue weighted by molar-refractivity contribution is -0.384. The Kier molecular flexibility index (Phi) is 6.61. The Hall–Kier alpha value is -2.48. The average Bonchev–Trinajstić information content (AvgIpc) is 2.65. The predicted molar refractivity (Wildman–Crippen MR) is 110 cm³/mol. The average molecular weight is 403 g/mol. The SMILES string of the molecule is Cc1cccc(CN2CCN(CC(=O)Nc3ccc(Cl)c([N+](=O)[O-])c3)CC2)c1. The van der Waals surface area contributed by atoms with E-state index < -0.39 is 4.92 Å². The van der Waals surface area contributed by atoms with Crippen LogP contribution in [0.3, 0.4) is 0 Å². The largest absolute Gasteiger partial charge is 0.325 e. The van der Waals surface area contributed by atoms with Crippen LogP contribution >= 0.6 is 11.6 Å². The molecule has 1 heterocycles. The Morgan fingerprint density at radius 3 is 2.54 bits per heavy atom. The zero-order valence-electron chi connectivity index (χ0n) is 15.7. The van der Waals surface area contributed by atoms with Crippen LogP contribution in [0.2, 0.25) is 5.02 Å². The number of amides is 1. The Balaban J connectivity index is 1.47. The van der Waals surface area contributed by atoms with Crippen LogP contribution in [0, 0.1) is 17.0 Å². The van der Waals surface area contributed by atoms with Gasteiger partial charge in [0, 0.05) is 44.5 Å². The van der Waals surface area contributed by atoms with Crippen molar-refractivity contribution in [2.24, 2.45) is 0 Å². The molecule has 1 amide bonds. The molecule has 148 valence electrons. The summed E-state index contributed by atoms with van der Waals surface area (Å²) in [7, 11) is 0. The molecular formula is C20H23ClN4O3. The maximum Gasteiger partial charge on any atom is 0.289 e. The predicted octanol–water partition coefficient (Wildman–Crippen LogP) is 3.31. The molecule has 1 aliphatic rings. The first kappa shape index (κ1) is 20.3. The molecule has 1 fully saturated rings. The highest BCUT2D eigenvalue weighted by atomic mass is 35.5. The van der Waals surface area contributed by atoms with Crippen molar-refractivity contribution in [2.75, 3.05) is 38.0 Å². The molecule has 8 heteroatoms. The summed E-state index contributed by atoms with van der Waals surface area (Å²) in [4.78, 5) is 27.1. The van der Waals surface area contributed by atoms with Gasteiger partial charge < -0.3 is 5.32 Å². The molecule has 28 heavy (non-hydrogen) atoms. The van der Waals surface area contributed by atoms with Gasteiger partial charge in [0.2, 0.25) is 5.91 Å². The van der Waals surface area contributed by atoms with E-state index in [2.05, 4.69) is 46.3 Å². The molecule has 0 aromatic heterocycles. The minimum Gasteiger partial charge on any atom is -0.325 e. The molecular weight excluding hydrogens is 380 g/mol. The van der Waals surface area contributed by atoms with Crippen LogP contribution in [0.5, 0.6) is 0 Å². The van der Waals surface area contributed by atoms with E-state index >= 15 is 0 Å². The van der Waals surface area contributed by atoms with Gasteiger partial charge in [-0.05, 0) is 24.6 Å². The van der Waals surface area contributed by atoms with Gasteiger partial charge >= 0.3 is 0 Å². The van der Waals surface area contributed by atoms with Crippen LogP contribution in [0.4, 0.5) is 11.4 Å². The molecule has 2 aromatic rings. The number of nitrogens with one attached hydrogen (secondary N) is 1. The molecule has 1 N–H and O–H groups in total. The van der Waals surface area contributed by atoms with Gasteiger partial charge in [0.15, 0.2) is 0 Å². The minimum atomic E-state index is -0.564. The second kappa shape index (κ2) is 9.14. The number of benzene rings is 2. The fourth-order valence-electron chi connectivity index (χ4n) is 3.31. The number of carbonyl (C=O) groups is 1. The van der Waals surface area contributed by atoms with E-state index in [1.807, 2.05) is 0 Å². The lowest BCUT2D eigenvalue weighted by Gasteiger charge is -2.34. The quantitative estimate of drug-likeness (QED) is 0.592. The van der Waals surface area contributed by atoms with E-state index in [0.29, 0.717) is 5.69 Å². The Bertz CT molecular complexity index is 866. The van der Waals surface area contributed by atoms with Gasteiger partial charge in [0.25, 0.3) is 5.69 Å². The van der Waals surface area contributed by atoms with Gasteiger partial charge in [-0.25, -0.2) is 0 Å². The summed E-state index contributed by atoms with van der Waals surface area (Å²) < 4.78 is 0. The van der Waals surface area contributed by atoms with Crippen molar-refractivity contribution in [3.05, 3.63) is 68.7 Å². The van der Waals surface area contributed by atoms with Gasteiger partial charge in [-0.15, -0.1) is 0 Å². The van der Waals surface area contributed by atoms with Crippen LogP contribution in [-0.2, 0) is 11.3 Å². The van der Waals surface area contributed by atoms with Crippen LogP contribution < -0.4 is 5.32 Å². The molecule has 0 saturated carbocycles. The van der Waals surface area contributed by atoms with Gasteiger partial charge in [0.05, 0.1) is 11.5 Å². The number of rotatable bonds is 6. The summed E-state index contributed by atoms with van der Waals surface area (Å²) in [5.41, 5.74) is 2.72. The number of piperazine rings is 1. The smallest absolute Gasteiger partial charge is 0.289 e. The number of nitro benzene ring substituents is 1. The highest BCUT2D eigenvalue weighted by Crippen LogP contribution is 2.27. The maximum absolute atomic E-state index is 12.3. The molecule has 2 aromatic carbocycles. The maximum atomic E-state index is 12.3. The number of halogens is 1. The molecule has 1 aliphatic heterocycles. The number of nitro groups is 1. The highest BCUT2D eigenvalue weighted by Gasteiger charge is 2.20. The Labute approximate surface area is 169 Å². The van der Waals surface area contributed by atoms with E-state index in [9.17, 15) is 14.9 Å². The lowest BCUT2D eigenvalue weighted by Crippen LogP contribution is -2.48. The van der Waals surface area contributed by atoms with Crippen molar-refractivity contribution in [2.45, 2.75) is 13.5 Å². The van der Waals surface area contributed by atoms with E-state index in [0.717, 1.165) is 32.7 Å². The number of anilines is 1. The lowest BCUT2D eigenvalue weighted by atomic mass is 10.1. The van der Waals surface area contributed by atoms with Gasteiger partial charge in [0.1, 0.15) is 5.02 Å². The van der Waals surface area contributed by atoms with Crippen molar-refractivity contribution in [3.8, 4) is 0 Å². The van der Waals surface area contributed by atoms with Crippen LogP contribution in [0.25, 0.3) is 0 Å². The molecule has 0 radical (unpaired) electrons. The zero-order chi connectivity index (χ0) is 20.1. The number of nitrogens with zero attached hydrogens (tertiary/aromatic N) is 3. The third kappa shape index (κ3) is 5.51. The number of aryl methyl sites for hydroxylation is 1. The Morgan fingerprint density at radius 2 is 1.86 bits per heavy atom. The number of hydrogen-bond acceptors (Lipinski definition) is 5. The summed E-state index contributed by atoms with van der Waals surface area (Å²) >= 11 is 5.80. The summed E-state index contributed by atoms with van der Waals surface area (Å²) in [6.45, 7) is 6.67. The first-order valence-electron chi connectivity index (χ1n) is 9.15. The van der Waals surface area contributed by atoms with Crippen molar-refractivity contribution in [1.29, 1.82) is 0 Å². The van der Waals surface area contributed by atoms with Crippen molar-refractivity contribution in [3.63, 3.8) is 0 Å². The molecule has 1 saturated heterocycles. The summed E-state index contributed by atoms with van der Waals surface area (Å²) in [6, 6.07) is 12.8. The molecule has 0 aliphatic carbocycles. The monoisotopic (exact) mass is 402 g/mol. The first-order valence-corrected chi connectivity index (χ1v) is 9.52. The minimum absolute atomic E-state index is 0.0488. The fraction of sp³-hybridized carbons (Fsp3) is 0.350. The molecule has 0 atom stereocenters. The van der Waals surface area contributed by atoms with Crippen LogP contribution in [0.1, 0.15) is 11.1 Å². The van der Waals surface area contributed by atoms with Crippen LogP contribution in [0.15, 0.2) is 42.5 Å². The van der Waals surface area contributed by atoms with Gasteiger partial charge in [-0.1, -0.05) is 41.4 Å². The van der Waals surface area contributed by atoms with E-state index in [1.165, 1.54) is 23.3 Å². The van der Waals surface area contributed by atoms with E-state index in [1.54, 1.807) is 6.07 Å². The topological polar surface area (TPSA) is 78.7 Å². The van der Waals surface area contributed by atoms with E-state index in [4.69, 9.17) is 11.6 Å². The van der Waals surface area contributed by atoms with Crippen molar-refractivity contribution < 1.29 is 9.72 Å². The van der Waals surface area contributed by atoms with E-state index in [-0.39, 0.29) is 23.2 Å². The second-order valence-corrected chi connectivity index (χ2v) is 7.42. The van der Waals surface area contributed by atoms with Gasteiger partial charge in [-0.3, -0.25) is 24.7 Å². The number of hydrogen-bond donors (Lipinski definition) is 1. The van der Waals surface area contributed by atoms with Crippen LogP contribution in [-0.4, -0.2) is 53.4 Å². The third-order valence-electron chi connectivity index (χ3n) is 4.75. The normalized spacial score (nSPS) is 15.4. The fourth-order valence-corrected chi connectivity index (χ4v) is 3.49. The summed E-state index contributed by atoms with van der Waals surface area (Å²) in [5.74, 6) is -0.191. The molecule has 0 spiro atoms. The highest BCUT2D eigenvalue weighted by molar-refractivity contribution is 6.32. The summed E-state index contributed by atoms with van der Waals surface area (Å²) in [6.07, 6.45) is 0. The first-order chi connectivity index (χ1) is 13.4. The molecule has 0 bridgehead atoms. The molecule has 3 rings (SSSR count). The second-order valence-electron chi connectivity index (χ2n) is 7.01. The summed E-state index contributed by atoms with van der Waals surface area (Å²) in [5, 5.41) is 13.7. The van der Waals surface area contributed by atoms with Crippen molar-refractivity contribution in [1.82, 2.24) is 9.80 Å². The molecule has 7 nitrogen and oxygen atoms in total.